The van der Waals surface area contributed by atoms with Gasteiger partial charge in [-0.15, -0.1) is 11.3 Å². The second-order valence-electron chi connectivity index (χ2n) is 13.7. The quantitative estimate of drug-likeness (QED) is 0.160. The summed E-state index contributed by atoms with van der Waals surface area (Å²) in [6.45, 7) is 0. The molecule has 9 aromatic carbocycles. The number of benzene rings is 9. The van der Waals surface area contributed by atoms with Gasteiger partial charge in [-0.1, -0.05) is 164 Å². The Bertz CT molecular complexity index is 2890. The van der Waals surface area contributed by atoms with Crippen LogP contribution in [0.2, 0.25) is 0 Å². The third-order valence-corrected chi connectivity index (χ3v) is 11.6. The summed E-state index contributed by atoms with van der Waals surface area (Å²) >= 11 is 1.87. The molecule has 0 aliphatic carbocycles. The van der Waals surface area contributed by atoms with Crippen LogP contribution in [0.25, 0.3) is 75.5 Å². The summed E-state index contributed by atoms with van der Waals surface area (Å²) in [6.07, 6.45) is 0. The largest absolute Gasteiger partial charge is 0.310 e. The molecule has 254 valence electrons. The molecule has 0 saturated heterocycles. The topological polar surface area (TPSA) is 3.24 Å². The van der Waals surface area contributed by atoms with E-state index in [2.05, 4.69) is 217 Å². The minimum absolute atomic E-state index is 1.10. The highest BCUT2D eigenvalue weighted by Gasteiger charge is 2.18. The first-order valence-corrected chi connectivity index (χ1v) is 19.2. The molecule has 1 aromatic heterocycles. The lowest BCUT2D eigenvalue weighted by Gasteiger charge is -2.28. The molecule has 0 aliphatic rings. The first-order valence-electron chi connectivity index (χ1n) is 18.4. The minimum atomic E-state index is 1.10. The molecule has 0 amide bonds. The number of nitrogens with zero attached hydrogens (tertiary/aromatic N) is 1. The zero-order chi connectivity index (χ0) is 35.8. The smallest absolute Gasteiger partial charge is 0.0540 e. The van der Waals surface area contributed by atoms with Crippen LogP contribution in [-0.4, -0.2) is 0 Å². The number of para-hydroxylation sites is 1. The number of hydrogen-bond donors (Lipinski definition) is 0. The molecule has 10 aromatic rings. The Balaban J connectivity index is 1.08. The van der Waals surface area contributed by atoms with E-state index in [4.69, 9.17) is 0 Å². The van der Waals surface area contributed by atoms with E-state index < -0.39 is 0 Å². The van der Waals surface area contributed by atoms with Crippen LogP contribution in [0.5, 0.6) is 0 Å². The number of fused-ring (bicyclic) bond motifs is 4. The fraction of sp³-hybridized carbons (Fsp3) is 0. The Labute approximate surface area is 319 Å². The number of hydrogen-bond acceptors (Lipinski definition) is 2. The molecule has 0 N–H and O–H groups in total. The number of rotatable bonds is 7. The lowest BCUT2D eigenvalue weighted by molar-refractivity contribution is 1.28. The lowest BCUT2D eigenvalue weighted by atomic mass is 9.96. The average molecular weight is 706 g/mol. The first-order chi connectivity index (χ1) is 26.8. The van der Waals surface area contributed by atoms with Gasteiger partial charge < -0.3 is 4.90 Å². The van der Waals surface area contributed by atoms with Crippen molar-refractivity contribution in [3.8, 4) is 44.5 Å². The molecular weight excluding hydrogens is 671 g/mol. The molecule has 0 unspecified atom stereocenters. The van der Waals surface area contributed by atoms with Crippen molar-refractivity contribution < 1.29 is 0 Å². The predicted octanol–water partition coefficient (Wildman–Crippen LogP) is 15.3. The van der Waals surface area contributed by atoms with E-state index >= 15 is 0 Å². The van der Waals surface area contributed by atoms with Gasteiger partial charge in [-0.3, -0.25) is 0 Å². The highest BCUT2D eigenvalue weighted by Crippen LogP contribution is 2.43. The summed E-state index contributed by atoms with van der Waals surface area (Å²) < 4.78 is 2.66. The molecule has 0 bridgehead atoms. The van der Waals surface area contributed by atoms with Gasteiger partial charge in [0, 0.05) is 37.1 Å². The van der Waals surface area contributed by atoms with E-state index in [1.165, 1.54) is 75.5 Å². The van der Waals surface area contributed by atoms with E-state index in [0.29, 0.717) is 0 Å². The molecule has 0 saturated carbocycles. The van der Waals surface area contributed by atoms with Crippen molar-refractivity contribution in [2.75, 3.05) is 4.90 Å². The predicted molar refractivity (Wildman–Crippen MR) is 233 cm³/mol. The first kappa shape index (κ1) is 32.0. The molecule has 0 atom stereocenters. The van der Waals surface area contributed by atoms with Crippen molar-refractivity contribution in [1.29, 1.82) is 0 Å². The summed E-state index contributed by atoms with van der Waals surface area (Å²) in [5, 5.41) is 5.19. The average Bonchev–Trinajstić information content (AvgIpc) is 3.61. The van der Waals surface area contributed by atoms with Crippen molar-refractivity contribution in [2.45, 2.75) is 0 Å². The van der Waals surface area contributed by atoms with Gasteiger partial charge in [-0.25, -0.2) is 0 Å². The van der Waals surface area contributed by atoms with Crippen LogP contribution in [0.4, 0.5) is 17.1 Å². The lowest BCUT2D eigenvalue weighted by Crippen LogP contribution is -2.11. The van der Waals surface area contributed by atoms with Crippen molar-refractivity contribution in [1.82, 2.24) is 0 Å². The van der Waals surface area contributed by atoms with Crippen molar-refractivity contribution >= 4 is 59.3 Å². The van der Waals surface area contributed by atoms with Crippen LogP contribution in [0, 0.1) is 0 Å². The molecule has 0 radical (unpaired) electrons. The Hall–Kier alpha value is -6.74. The molecule has 0 fully saturated rings. The van der Waals surface area contributed by atoms with Crippen LogP contribution in [-0.2, 0) is 0 Å². The van der Waals surface area contributed by atoms with Gasteiger partial charge in [-0.2, -0.15) is 0 Å². The van der Waals surface area contributed by atoms with Gasteiger partial charge in [0.2, 0.25) is 0 Å². The summed E-state index contributed by atoms with van der Waals surface area (Å²) in [7, 11) is 0. The van der Waals surface area contributed by atoms with E-state index in [1.54, 1.807) is 0 Å². The second kappa shape index (κ2) is 13.7. The van der Waals surface area contributed by atoms with Crippen LogP contribution >= 0.6 is 11.3 Å². The van der Waals surface area contributed by atoms with Crippen LogP contribution in [0.3, 0.4) is 0 Å². The van der Waals surface area contributed by atoms with Crippen molar-refractivity contribution in [3.63, 3.8) is 0 Å². The van der Waals surface area contributed by atoms with Gasteiger partial charge in [-0.05, 0) is 98.2 Å². The maximum atomic E-state index is 2.40. The third kappa shape index (κ3) is 5.84. The Morgan fingerprint density at radius 3 is 1.48 bits per heavy atom. The van der Waals surface area contributed by atoms with Gasteiger partial charge >= 0.3 is 0 Å². The second-order valence-corrected chi connectivity index (χ2v) is 14.8. The maximum absolute atomic E-state index is 2.40. The molecule has 10 rings (SSSR count). The molecule has 0 aliphatic heterocycles. The minimum Gasteiger partial charge on any atom is -0.310 e. The fourth-order valence-electron chi connectivity index (χ4n) is 7.78. The van der Waals surface area contributed by atoms with E-state index in [1.807, 2.05) is 11.3 Å². The van der Waals surface area contributed by atoms with Gasteiger partial charge in [0.05, 0.1) is 5.69 Å². The van der Waals surface area contributed by atoms with Crippen LogP contribution in [0.1, 0.15) is 0 Å². The van der Waals surface area contributed by atoms with E-state index in [-0.39, 0.29) is 0 Å². The number of anilines is 3. The summed E-state index contributed by atoms with van der Waals surface area (Å²) in [6, 6.07) is 77.1. The molecule has 0 spiro atoms. The normalized spacial score (nSPS) is 11.3. The molecular formula is C52H35NS. The van der Waals surface area contributed by atoms with Crippen LogP contribution in [0.15, 0.2) is 212 Å². The van der Waals surface area contributed by atoms with Crippen LogP contribution < -0.4 is 4.90 Å². The van der Waals surface area contributed by atoms with Crippen molar-refractivity contribution in [2.24, 2.45) is 0 Å². The summed E-state index contributed by atoms with van der Waals surface area (Å²) in [4.78, 5) is 2.39. The monoisotopic (exact) mass is 705 g/mol. The maximum Gasteiger partial charge on any atom is 0.0540 e. The summed E-state index contributed by atoms with van der Waals surface area (Å²) in [5.74, 6) is 0. The molecule has 1 heterocycles. The Morgan fingerprint density at radius 2 is 0.796 bits per heavy atom. The van der Waals surface area contributed by atoms with Gasteiger partial charge in [0.25, 0.3) is 0 Å². The fourth-order valence-corrected chi connectivity index (χ4v) is 8.92. The Morgan fingerprint density at radius 1 is 0.296 bits per heavy atom. The van der Waals surface area contributed by atoms with Gasteiger partial charge in [0.15, 0.2) is 0 Å². The zero-order valence-electron chi connectivity index (χ0n) is 29.6. The highest BCUT2D eigenvalue weighted by molar-refractivity contribution is 7.25. The molecule has 54 heavy (non-hydrogen) atoms. The molecule has 1 nitrogen and oxygen atoms in total. The standard InChI is InChI=1S/C52H35NS/c1-3-12-36(13-4-1)38-22-24-41(25-23-38)46-17-7-9-20-50(46)53(43-30-26-39(27-31-43)37-14-5-2-6-15-37)44-32-28-40(29-33-44)45-19-11-16-42-34-52-49(35-48(42)45)47-18-8-10-21-51(47)54-52/h1-35H. The highest BCUT2D eigenvalue weighted by atomic mass is 32.1. The van der Waals surface area contributed by atoms with E-state index in [0.717, 1.165) is 17.1 Å². The van der Waals surface area contributed by atoms with E-state index in [9.17, 15) is 0 Å². The van der Waals surface area contributed by atoms with Gasteiger partial charge in [0.1, 0.15) is 0 Å². The molecule has 2 heteroatoms. The van der Waals surface area contributed by atoms with Crippen molar-refractivity contribution in [3.05, 3.63) is 212 Å². The number of thiophene rings is 1. The zero-order valence-corrected chi connectivity index (χ0v) is 30.4. The third-order valence-electron chi connectivity index (χ3n) is 10.5. The SMILES string of the molecule is c1ccc(-c2ccc(-c3ccccc3N(c3ccc(-c4ccccc4)cc3)c3ccc(-c4cccc5cc6sc7ccccc7c6cc45)cc3)cc2)cc1. The Kier molecular flexibility index (Phi) is 8.09. The summed E-state index contributed by atoms with van der Waals surface area (Å²) in [5.41, 5.74) is 13.0.